The van der Waals surface area contributed by atoms with E-state index in [2.05, 4.69) is 32.5 Å². The molecule has 7 heteroatoms. The summed E-state index contributed by atoms with van der Waals surface area (Å²) in [6.45, 7) is 8.29. The maximum absolute atomic E-state index is 12.6. The molecule has 0 aromatic heterocycles. The molecule has 2 N–H and O–H groups in total. The molecule has 0 spiro atoms. The molecule has 0 saturated carbocycles. The fourth-order valence-electron chi connectivity index (χ4n) is 3.12. The second-order valence-electron chi connectivity index (χ2n) is 6.85. The van der Waals surface area contributed by atoms with Gasteiger partial charge in [-0.3, -0.25) is 0 Å². The van der Waals surface area contributed by atoms with Crippen LogP contribution < -0.4 is 31.3 Å². The van der Waals surface area contributed by atoms with Crippen LogP contribution in [0.25, 0.3) is 0 Å². The molecular formula is C22H28Cl2N2O2Zr. The Hall–Kier alpha value is -1.16. The van der Waals surface area contributed by atoms with Gasteiger partial charge in [-0.1, -0.05) is 0 Å². The van der Waals surface area contributed by atoms with Gasteiger partial charge in [0, 0.05) is 0 Å². The van der Waals surface area contributed by atoms with E-state index in [9.17, 15) is 9.59 Å². The van der Waals surface area contributed by atoms with E-state index >= 15 is 0 Å². The fourth-order valence-corrected chi connectivity index (χ4v) is 4.49. The van der Waals surface area contributed by atoms with Gasteiger partial charge in [0.1, 0.15) is 0 Å². The van der Waals surface area contributed by atoms with E-state index in [-0.39, 0.29) is 36.6 Å². The molecule has 2 amide bonds. The molecule has 0 aliphatic carbocycles. The van der Waals surface area contributed by atoms with Crippen LogP contribution in [0.2, 0.25) is 0 Å². The van der Waals surface area contributed by atoms with Gasteiger partial charge in [-0.2, -0.15) is 0 Å². The maximum Gasteiger partial charge on any atom is -1.00 e. The van der Waals surface area contributed by atoms with Crippen LogP contribution in [0, 0.1) is 13.8 Å². The zero-order chi connectivity index (χ0) is 19.8. The first-order chi connectivity index (χ1) is 13.0. The van der Waals surface area contributed by atoms with E-state index in [0.717, 1.165) is 59.1 Å². The monoisotopic (exact) mass is 512 g/mol. The van der Waals surface area contributed by atoms with Crippen LogP contribution in [-0.2, 0) is 36.7 Å². The summed E-state index contributed by atoms with van der Waals surface area (Å²) in [5.41, 5.74) is 5.91. The molecule has 0 heterocycles. The van der Waals surface area contributed by atoms with Gasteiger partial charge >= 0.3 is 175 Å². The molecule has 2 aromatic carbocycles. The topological polar surface area (TPSA) is 58.2 Å². The first-order valence-corrected chi connectivity index (χ1v) is 12.0. The second-order valence-corrected chi connectivity index (χ2v) is 8.70. The Bertz CT molecular complexity index is 761. The first kappa shape index (κ1) is 27.8. The normalized spacial score (nSPS) is 9.52. The quantitative estimate of drug-likeness (QED) is 0.441. The minimum atomic E-state index is -1.55. The molecule has 2 aromatic rings. The zero-order valence-corrected chi connectivity index (χ0v) is 21.3. The number of benzene rings is 2. The van der Waals surface area contributed by atoms with E-state index in [1.165, 1.54) is 0 Å². The van der Waals surface area contributed by atoms with Crippen LogP contribution in [0.1, 0.15) is 69.7 Å². The third-order valence-corrected chi connectivity index (χ3v) is 6.13. The summed E-state index contributed by atoms with van der Waals surface area (Å²) in [5.74, 6) is -0.161. The molecule has 0 aliphatic rings. The van der Waals surface area contributed by atoms with E-state index in [1.807, 2.05) is 38.1 Å². The van der Waals surface area contributed by atoms with Gasteiger partial charge in [0.25, 0.3) is 0 Å². The van der Waals surface area contributed by atoms with Crippen molar-refractivity contribution in [2.75, 3.05) is 0 Å². The van der Waals surface area contributed by atoms with Crippen molar-refractivity contribution < 1.29 is 58.2 Å². The minimum Gasteiger partial charge on any atom is -1.00 e. The number of carbonyl (C=O) groups excluding carboxylic acids is 2. The number of nitrogens with one attached hydrogen (secondary N) is 2. The van der Waals surface area contributed by atoms with Crippen LogP contribution in [0.4, 0.5) is 0 Å². The largest absolute Gasteiger partial charge is 1.00 e. The second kappa shape index (κ2) is 14.0. The molecule has 2 rings (SSSR count). The molecule has 0 saturated heterocycles. The van der Waals surface area contributed by atoms with Crippen molar-refractivity contribution in [2.24, 2.45) is 0 Å². The summed E-state index contributed by atoms with van der Waals surface area (Å²) in [6, 6.07) is 11.8. The number of aryl methyl sites for hydroxylation is 4. The Labute approximate surface area is 198 Å². The average molecular weight is 515 g/mol. The van der Waals surface area contributed by atoms with Crippen LogP contribution in [0.3, 0.4) is 0 Å². The number of halogens is 2. The van der Waals surface area contributed by atoms with Crippen LogP contribution >= 0.6 is 0 Å². The summed E-state index contributed by atoms with van der Waals surface area (Å²) >= 11 is -1.55. The standard InChI is InChI=1S/2C11H15NO.2ClH.Zr/c2*1-3-4-9-7-8(2)5-6-10(9)11(12)13;;;/h2*5-7H,3-4H2,1-2H3,(H2,12,13);2*1H;/q;;;;+4/p-4. The summed E-state index contributed by atoms with van der Waals surface area (Å²) < 4.78 is 5.96. The number of hydrogen-bond donors (Lipinski definition) is 2. The average Bonchev–Trinajstić information content (AvgIpc) is 2.62. The summed E-state index contributed by atoms with van der Waals surface area (Å²) in [6.07, 6.45) is 3.75. The number of amides is 2. The van der Waals surface area contributed by atoms with Gasteiger partial charge < -0.3 is 24.8 Å². The summed E-state index contributed by atoms with van der Waals surface area (Å²) in [4.78, 5) is 25.1. The van der Waals surface area contributed by atoms with E-state index < -0.39 is 23.8 Å². The zero-order valence-electron chi connectivity index (χ0n) is 17.4. The molecule has 0 atom stereocenters. The number of rotatable bonds is 8. The van der Waals surface area contributed by atoms with Crippen molar-refractivity contribution in [1.82, 2.24) is 6.52 Å². The van der Waals surface area contributed by atoms with Gasteiger partial charge in [0.15, 0.2) is 0 Å². The van der Waals surface area contributed by atoms with E-state index in [4.69, 9.17) is 0 Å². The van der Waals surface area contributed by atoms with Crippen molar-refractivity contribution in [2.45, 2.75) is 53.4 Å². The fraction of sp³-hybridized carbons (Fsp3) is 0.364. The first-order valence-electron chi connectivity index (χ1n) is 9.51. The summed E-state index contributed by atoms with van der Waals surface area (Å²) in [5, 5.41) is 0. The number of hydrogen-bond acceptors (Lipinski definition) is 2. The smallest absolute Gasteiger partial charge is 1.00 e. The molecule has 0 aliphatic heterocycles. The Kier molecular flexibility index (Phi) is 13.4. The molecule has 0 unspecified atom stereocenters. The van der Waals surface area contributed by atoms with Gasteiger partial charge in [-0.15, -0.1) is 0 Å². The predicted octanol–water partition coefficient (Wildman–Crippen LogP) is -1.71. The van der Waals surface area contributed by atoms with Crippen molar-refractivity contribution >= 4 is 11.8 Å². The molecule has 0 radical (unpaired) electrons. The van der Waals surface area contributed by atoms with Crippen LogP contribution in [0.5, 0.6) is 0 Å². The van der Waals surface area contributed by atoms with Crippen LogP contribution in [0.15, 0.2) is 36.4 Å². The van der Waals surface area contributed by atoms with Crippen molar-refractivity contribution in [3.8, 4) is 0 Å². The summed E-state index contributed by atoms with van der Waals surface area (Å²) in [7, 11) is 0. The van der Waals surface area contributed by atoms with Gasteiger partial charge in [0.2, 0.25) is 0 Å². The molecule has 0 fully saturated rings. The molecule has 0 bridgehead atoms. The van der Waals surface area contributed by atoms with E-state index in [1.54, 1.807) is 0 Å². The molecule has 4 nitrogen and oxygen atoms in total. The molecule has 29 heavy (non-hydrogen) atoms. The van der Waals surface area contributed by atoms with Gasteiger partial charge in [-0.25, -0.2) is 0 Å². The van der Waals surface area contributed by atoms with Crippen LogP contribution in [-0.4, -0.2) is 11.8 Å². The Morgan fingerprint density at radius 3 is 1.48 bits per heavy atom. The predicted molar refractivity (Wildman–Crippen MR) is 105 cm³/mol. The third-order valence-electron chi connectivity index (χ3n) is 4.40. The Morgan fingerprint density at radius 2 is 1.14 bits per heavy atom. The third kappa shape index (κ3) is 8.24. The van der Waals surface area contributed by atoms with Gasteiger partial charge in [0.05, 0.1) is 0 Å². The minimum absolute atomic E-state index is 0. The molecular weight excluding hydrogens is 486 g/mol. The van der Waals surface area contributed by atoms with Crippen molar-refractivity contribution in [3.05, 3.63) is 69.8 Å². The van der Waals surface area contributed by atoms with Gasteiger partial charge in [-0.05, 0) is 0 Å². The Balaban J connectivity index is 0.00000392. The van der Waals surface area contributed by atoms with Crippen molar-refractivity contribution in [3.63, 3.8) is 0 Å². The van der Waals surface area contributed by atoms with E-state index in [0.29, 0.717) is 0 Å². The Morgan fingerprint density at radius 1 is 0.759 bits per heavy atom. The number of carbonyl (C=O) groups is 2. The van der Waals surface area contributed by atoms with Crippen molar-refractivity contribution in [1.29, 1.82) is 0 Å². The SMILES string of the molecule is CCCc1cc(C)ccc1C(=O)[NH][Zr+2][NH]C(=O)c1ccc(C)cc1CCC.[Cl-].[Cl-]. The molecule has 156 valence electrons. The maximum atomic E-state index is 12.6.